The summed E-state index contributed by atoms with van der Waals surface area (Å²) in [5.74, 6) is -0.430. The van der Waals surface area contributed by atoms with E-state index in [2.05, 4.69) is 16.7 Å². The zero-order chi connectivity index (χ0) is 21.9. The number of hydrogen-bond donors (Lipinski definition) is 1. The van der Waals surface area contributed by atoms with Crippen molar-refractivity contribution in [3.8, 4) is 0 Å². The zero-order valence-electron chi connectivity index (χ0n) is 17.2. The minimum Gasteiger partial charge on any atom is -0.276 e. The number of hydrogen-bond acceptors (Lipinski definition) is 3. The standard InChI is InChI=1S/C22H25ClFN3O2S/c1-4-5-7-17-10-12-18(13-11-17)30(28,29)26-22-15(2)25-27(16(22)3)14-19-20(23)8-6-9-21(19)24/h6,8-13,26H,4-5,7,14H2,1-3H3. The first-order valence-electron chi connectivity index (χ1n) is 9.81. The van der Waals surface area contributed by atoms with Gasteiger partial charge in [-0.2, -0.15) is 5.10 Å². The van der Waals surface area contributed by atoms with E-state index in [-0.39, 0.29) is 11.4 Å². The van der Waals surface area contributed by atoms with Crippen molar-refractivity contribution in [1.29, 1.82) is 0 Å². The molecule has 0 aliphatic heterocycles. The number of anilines is 1. The average molecular weight is 450 g/mol. The fourth-order valence-electron chi connectivity index (χ4n) is 3.24. The molecule has 0 radical (unpaired) electrons. The Balaban J connectivity index is 1.84. The predicted molar refractivity (Wildman–Crippen MR) is 118 cm³/mol. The van der Waals surface area contributed by atoms with Crippen LogP contribution in [0.5, 0.6) is 0 Å². The Kier molecular flexibility index (Phi) is 6.83. The van der Waals surface area contributed by atoms with Gasteiger partial charge < -0.3 is 0 Å². The molecule has 8 heteroatoms. The summed E-state index contributed by atoms with van der Waals surface area (Å²) in [4.78, 5) is 0.187. The van der Waals surface area contributed by atoms with Crippen molar-refractivity contribution in [2.45, 2.75) is 51.5 Å². The number of unbranched alkanes of at least 4 members (excludes halogenated alkanes) is 1. The Morgan fingerprint density at radius 1 is 1.13 bits per heavy atom. The molecule has 0 fully saturated rings. The summed E-state index contributed by atoms with van der Waals surface area (Å²) in [6.07, 6.45) is 3.07. The largest absolute Gasteiger partial charge is 0.276 e. The second kappa shape index (κ2) is 9.18. The summed E-state index contributed by atoms with van der Waals surface area (Å²) in [5.41, 5.74) is 2.88. The van der Waals surface area contributed by atoms with Crippen molar-refractivity contribution in [2.24, 2.45) is 0 Å². The molecule has 160 valence electrons. The lowest BCUT2D eigenvalue weighted by atomic mass is 10.1. The highest BCUT2D eigenvalue weighted by Crippen LogP contribution is 2.26. The molecule has 1 N–H and O–H groups in total. The van der Waals surface area contributed by atoms with Gasteiger partial charge in [-0.25, -0.2) is 12.8 Å². The van der Waals surface area contributed by atoms with Crippen LogP contribution in [-0.4, -0.2) is 18.2 Å². The van der Waals surface area contributed by atoms with Crippen molar-refractivity contribution < 1.29 is 12.8 Å². The van der Waals surface area contributed by atoms with Crippen LogP contribution in [0.2, 0.25) is 5.02 Å². The van der Waals surface area contributed by atoms with Gasteiger partial charge in [0.25, 0.3) is 10.0 Å². The van der Waals surface area contributed by atoms with Gasteiger partial charge in [0.05, 0.1) is 28.5 Å². The molecule has 1 heterocycles. The van der Waals surface area contributed by atoms with E-state index in [1.807, 2.05) is 12.1 Å². The molecule has 0 bridgehead atoms. The quantitative estimate of drug-likeness (QED) is 0.495. The van der Waals surface area contributed by atoms with E-state index in [0.717, 1.165) is 24.8 Å². The third-order valence-electron chi connectivity index (χ3n) is 5.04. The Morgan fingerprint density at radius 3 is 2.47 bits per heavy atom. The number of halogens is 2. The molecule has 0 unspecified atom stereocenters. The van der Waals surface area contributed by atoms with E-state index in [9.17, 15) is 12.8 Å². The lowest BCUT2D eigenvalue weighted by Gasteiger charge is -2.11. The first kappa shape index (κ1) is 22.3. The molecule has 3 aromatic rings. The molecule has 0 saturated carbocycles. The fourth-order valence-corrected chi connectivity index (χ4v) is 4.64. The Hall–Kier alpha value is -2.38. The molecular formula is C22H25ClFN3O2S. The molecule has 0 aliphatic carbocycles. The second-order valence-corrected chi connectivity index (χ2v) is 9.35. The van der Waals surface area contributed by atoms with Gasteiger partial charge >= 0.3 is 0 Å². The maximum atomic E-state index is 14.1. The molecular weight excluding hydrogens is 425 g/mol. The zero-order valence-corrected chi connectivity index (χ0v) is 18.8. The van der Waals surface area contributed by atoms with Gasteiger partial charge in [0.2, 0.25) is 0 Å². The molecule has 0 saturated heterocycles. The van der Waals surface area contributed by atoms with Crippen molar-refractivity contribution in [3.05, 3.63) is 75.8 Å². The van der Waals surface area contributed by atoms with Gasteiger partial charge in [0.15, 0.2) is 0 Å². The summed E-state index contributed by atoms with van der Waals surface area (Å²) in [6.45, 7) is 5.67. The molecule has 30 heavy (non-hydrogen) atoms. The highest BCUT2D eigenvalue weighted by Gasteiger charge is 2.21. The number of nitrogens with one attached hydrogen (secondary N) is 1. The minimum atomic E-state index is -3.77. The predicted octanol–water partition coefficient (Wildman–Crippen LogP) is 5.48. The van der Waals surface area contributed by atoms with Gasteiger partial charge in [0.1, 0.15) is 5.82 Å². The fraction of sp³-hybridized carbons (Fsp3) is 0.318. The van der Waals surface area contributed by atoms with E-state index in [4.69, 9.17) is 11.6 Å². The van der Waals surface area contributed by atoms with Gasteiger partial charge in [0, 0.05) is 10.6 Å². The summed E-state index contributed by atoms with van der Waals surface area (Å²) in [7, 11) is -3.77. The number of aromatic nitrogens is 2. The van der Waals surface area contributed by atoms with Crippen LogP contribution >= 0.6 is 11.6 Å². The van der Waals surface area contributed by atoms with Crippen LogP contribution in [0.15, 0.2) is 47.4 Å². The smallest absolute Gasteiger partial charge is 0.262 e. The van der Waals surface area contributed by atoms with E-state index in [1.165, 1.54) is 12.1 Å². The SMILES string of the molecule is CCCCc1ccc(S(=O)(=O)Nc2c(C)nn(Cc3c(F)cccc3Cl)c2C)cc1. The molecule has 2 aromatic carbocycles. The minimum absolute atomic E-state index is 0.103. The highest BCUT2D eigenvalue weighted by molar-refractivity contribution is 7.92. The van der Waals surface area contributed by atoms with Crippen molar-refractivity contribution in [3.63, 3.8) is 0 Å². The lowest BCUT2D eigenvalue weighted by molar-refractivity contribution is 0.579. The number of aryl methyl sites for hydroxylation is 2. The van der Waals surface area contributed by atoms with Crippen LogP contribution in [-0.2, 0) is 23.0 Å². The first-order chi connectivity index (χ1) is 14.2. The van der Waals surface area contributed by atoms with Crippen molar-refractivity contribution >= 4 is 27.3 Å². The third-order valence-corrected chi connectivity index (χ3v) is 6.76. The Bertz CT molecular complexity index is 1120. The Morgan fingerprint density at radius 2 is 1.83 bits per heavy atom. The topological polar surface area (TPSA) is 64.0 Å². The van der Waals surface area contributed by atoms with Crippen LogP contribution in [0.3, 0.4) is 0 Å². The van der Waals surface area contributed by atoms with Gasteiger partial charge in [-0.15, -0.1) is 0 Å². The van der Waals surface area contributed by atoms with Gasteiger partial charge in [-0.1, -0.05) is 43.1 Å². The van der Waals surface area contributed by atoms with Crippen LogP contribution < -0.4 is 4.72 Å². The summed E-state index contributed by atoms with van der Waals surface area (Å²) in [5, 5.41) is 4.68. The summed E-state index contributed by atoms with van der Waals surface area (Å²) >= 11 is 6.12. The van der Waals surface area contributed by atoms with Crippen LogP contribution in [0, 0.1) is 19.7 Å². The van der Waals surface area contributed by atoms with Crippen molar-refractivity contribution in [1.82, 2.24) is 9.78 Å². The molecule has 3 rings (SSSR count). The highest BCUT2D eigenvalue weighted by atomic mass is 35.5. The molecule has 5 nitrogen and oxygen atoms in total. The van der Waals surface area contributed by atoms with E-state index in [0.29, 0.717) is 27.7 Å². The molecule has 1 aromatic heterocycles. The number of sulfonamides is 1. The molecule has 0 spiro atoms. The molecule has 0 amide bonds. The van der Waals surface area contributed by atoms with E-state index < -0.39 is 15.8 Å². The number of rotatable bonds is 8. The van der Waals surface area contributed by atoms with E-state index >= 15 is 0 Å². The summed E-state index contributed by atoms with van der Waals surface area (Å²) in [6, 6.07) is 11.4. The monoisotopic (exact) mass is 449 g/mol. The van der Waals surface area contributed by atoms with Crippen LogP contribution in [0.25, 0.3) is 0 Å². The number of nitrogens with zero attached hydrogens (tertiary/aromatic N) is 2. The summed E-state index contributed by atoms with van der Waals surface area (Å²) < 4.78 is 44.1. The molecule has 0 aliphatic rings. The second-order valence-electron chi connectivity index (χ2n) is 7.26. The maximum Gasteiger partial charge on any atom is 0.262 e. The lowest BCUT2D eigenvalue weighted by Crippen LogP contribution is -2.14. The van der Waals surface area contributed by atoms with Crippen molar-refractivity contribution in [2.75, 3.05) is 4.72 Å². The first-order valence-corrected chi connectivity index (χ1v) is 11.7. The normalized spacial score (nSPS) is 11.6. The average Bonchev–Trinajstić information content (AvgIpc) is 2.96. The Labute approximate surface area is 181 Å². The van der Waals surface area contributed by atoms with Gasteiger partial charge in [-0.3, -0.25) is 9.40 Å². The van der Waals surface area contributed by atoms with E-state index in [1.54, 1.807) is 36.7 Å². The molecule has 0 atom stereocenters. The number of benzene rings is 2. The van der Waals surface area contributed by atoms with Crippen LogP contribution in [0.4, 0.5) is 10.1 Å². The maximum absolute atomic E-state index is 14.1. The van der Waals surface area contributed by atoms with Crippen LogP contribution in [0.1, 0.15) is 42.3 Å². The third kappa shape index (κ3) is 4.84. The van der Waals surface area contributed by atoms with Gasteiger partial charge in [-0.05, 0) is 56.5 Å².